The van der Waals surface area contributed by atoms with Gasteiger partial charge in [-0.3, -0.25) is 4.99 Å². The molecule has 3 nitrogen and oxygen atoms in total. The molecular weight excluding hydrogens is 234 g/mol. The average molecular weight is 261 g/mol. The van der Waals surface area contributed by atoms with Crippen molar-refractivity contribution in [3.8, 4) is 0 Å². The van der Waals surface area contributed by atoms with Gasteiger partial charge in [-0.2, -0.15) is 0 Å². The van der Waals surface area contributed by atoms with E-state index in [1.807, 2.05) is 0 Å². The van der Waals surface area contributed by atoms with Crippen molar-refractivity contribution in [1.82, 2.24) is 10.2 Å². The maximum Gasteiger partial charge on any atom is 0.0464 e. The van der Waals surface area contributed by atoms with Crippen molar-refractivity contribution in [2.45, 2.75) is 34.1 Å². The molecule has 19 heavy (non-hydrogen) atoms. The molecule has 1 rings (SSSR count). The predicted molar refractivity (Wildman–Crippen MR) is 84.5 cm³/mol. The Hall–Kier alpha value is -1.35. The molecule has 0 amide bonds. The molecule has 1 aliphatic heterocycles. The van der Waals surface area contributed by atoms with E-state index in [1.165, 1.54) is 16.8 Å². The molecule has 3 heteroatoms. The molecule has 0 aromatic rings. The molecule has 0 spiro atoms. The van der Waals surface area contributed by atoms with Crippen LogP contribution in [0.5, 0.6) is 0 Å². The lowest BCUT2D eigenvalue weighted by Crippen LogP contribution is -2.43. The van der Waals surface area contributed by atoms with Crippen LogP contribution in [0.3, 0.4) is 0 Å². The summed E-state index contributed by atoms with van der Waals surface area (Å²) in [7, 11) is 0. The van der Waals surface area contributed by atoms with Crippen LogP contribution >= 0.6 is 0 Å². The first-order chi connectivity index (χ1) is 9.15. The summed E-state index contributed by atoms with van der Waals surface area (Å²) in [6.07, 6.45) is 4.85. The first-order valence-electron chi connectivity index (χ1n) is 7.13. The van der Waals surface area contributed by atoms with E-state index in [1.54, 1.807) is 6.20 Å². The molecular formula is C16H27N3. The number of nitrogens with zero attached hydrogens (tertiary/aromatic N) is 2. The monoisotopic (exact) mass is 261 g/mol. The van der Waals surface area contributed by atoms with Crippen LogP contribution in [0.25, 0.3) is 0 Å². The lowest BCUT2D eigenvalue weighted by atomic mass is 9.96. The molecule has 0 unspecified atom stereocenters. The fourth-order valence-electron chi connectivity index (χ4n) is 2.61. The molecule has 1 heterocycles. The van der Waals surface area contributed by atoms with Crippen LogP contribution in [0.4, 0.5) is 0 Å². The maximum absolute atomic E-state index is 4.40. The largest absolute Gasteiger partial charge is 0.372 e. The Morgan fingerprint density at radius 1 is 1.32 bits per heavy atom. The van der Waals surface area contributed by atoms with E-state index < -0.39 is 0 Å². The Balaban J connectivity index is 3.19. The first-order valence-corrected chi connectivity index (χ1v) is 7.13. The summed E-state index contributed by atoms with van der Waals surface area (Å²) in [5.41, 5.74) is 5.03. The molecule has 0 saturated carbocycles. The number of aliphatic imine (C=N–C) groups is 1. The molecule has 1 saturated heterocycles. The highest BCUT2D eigenvalue weighted by Gasteiger charge is 2.17. The Kier molecular flexibility index (Phi) is 6.57. The molecule has 0 radical (unpaired) electrons. The quantitative estimate of drug-likeness (QED) is 0.608. The second-order valence-electron chi connectivity index (χ2n) is 4.76. The average Bonchev–Trinajstić information content (AvgIpc) is 2.45. The highest BCUT2D eigenvalue weighted by Crippen LogP contribution is 2.22. The normalized spacial score (nSPS) is 19.3. The zero-order valence-corrected chi connectivity index (χ0v) is 12.8. The van der Waals surface area contributed by atoms with Crippen molar-refractivity contribution in [2.24, 2.45) is 4.99 Å². The molecule has 1 fully saturated rings. The highest BCUT2D eigenvalue weighted by molar-refractivity contribution is 6.03. The van der Waals surface area contributed by atoms with Crippen molar-refractivity contribution in [1.29, 1.82) is 0 Å². The number of piperazine rings is 1. The molecule has 0 aromatic heterocycles. The number of allylic oxidation sites excluding steroid dienone is 4. The van der Waals surface area contributed by atoms with Crippen molar-refractivity contribution >= 4 is 5.71 Å². The second-order valence-corrected chi connectivity index (χ2v) is 4.76. The molecule has 0 aliphatic carbocycles. The summed E-state index contributed by atoms with van der Waals surface area (Å²) in [4.78, 5) is 6.85. The lowest BCUT2D eigenvalue weighted by molar-refractivity contribution is 0.298. The summed E-state index contributed by atoms with van der Waals surface area (Å²) in [6, 6.07) is 0. The van der Waals surface area contributed by atoms with Gasteiger partial charge in [-0.15, -0.1) is 0 Å². The van der Waals surface area contributed by atoms with E-state index >= 15 is 0 Å². The zero-order chi connectivity index (χ0) is 14.3. The summed E-state index contributed by atoms with van der Waals surface area (Å²) < 4.78 is 0. The van der Waals surface area contributed by atoms with Crippen molar-refractivity contribution in [3.05, 3.63) is 35.7 Å². The van der Waals surface area contributed by atoms with E-state index in [2.05, 4.69) is 55.6 Å². The molecule has 0 atom stereocenters. The van der Waals surface area contributed by atoms with E-state index in [4.69, 9.17) is 0 Å². The van der Waals surface area contributed by atoms with E-state index in [0.717, 1.165) is 38.3 Å². The Bertz CT molecular complexity index is 392. The minimum Gasteiger partial charge on any atom is -0.372 e. The van der Waals surface area contributed by atoms with Crippen molar-refractivity contribution < 1.29 is 0 Å². The molecule has 106 valence electrons. The number of hydrogen-bond donors (Lipinski definition) is 1. The number of hydrogen-bond acceptors (Lipinski definition) is 3. The summed E-state index contributed by atoms with van der Waals surface area (Å²) >= 11 is 0. The smallest absolute Gasteiger partial charge is 0.0464 e. The van der Waals surface area contributed by atoms with Gasteiger partial charge in [-0.1, -0.05) is 19.6 Å². The fourth-order valence-corrected chi connectivity index (χ4v) is 2.61. The summed E-state index contributed by atoms with van der Waals surface area (Å²) in [5.74, 6) is 0. The first kappa shape index (κ1) is 15.7. The molecule has 0 aromatic carbocycles. The van der Waals surface area contributed by atoms with Gasteiger partial charge in [0.2, 0.25) is 0 Å². The van der Waals surface area contributed by atoms with Crippen molar-refractivity contribution in [3.63, 3.8) is 0 Å². The molecule has 0 bridgehead atoms. The van der Waals surface area contributed by atoms with E-state index in [0.29, 0.717) is 0 Å². The van der Waals surface area contributed by atoms with Crippen LogP contribution in [0, 0.1) is 0 Å². The minimum absolute atomic E-state index is 1.03. The van der Waals surface area contributed by atoms with Crippen LogP contribution in [-0.2, 0) is 0 Å². The third-order valence-corrected chi connectivity index (χ3v) is 3.65. The van der Waals surface area contributed by atoms with Crippen LogP contribution in [0.1, 0.15) is 34.1 Å². The van der Waals surface area contributed by atoms with Gasteiger partial charge < -0.3 is 10.2 Å². The third kappa shape index (κ3) is 4.06. The summed E-state index contributed by atoms with van der Waals surface area (Å²) in [6.45, 7) is 16.5. The van der Waals surface area contributed by atoms with Gasteiger partial charge in [0, 0.05) is 49.4 Å². The van der Waals surface area contributed by atoms with Gasteiger partial charge in [0.05, 0.1) is 0 Å². The van der Waals surface area contributed by atoms with Gasteiger partial charge >= 0.3 is 0 Å². The van der Waals surface area contributed by atoms with Crippen LogP contribution in [0.15, 0.2) is 40.7 Å². The molecule has 1 N–H and O–H groups in total. The standard InChI is InChI=1S/C16H27N3/c1-6-15(7-2)16(13(4)18-8-3)14(5)19-11-9-17-10-12-19/h6,8,17H,3,7,9-12H2,1-2,4-5H3/b15-6-,16-14-,18-13?. The zero-order valence-electron chi connectivity index (χ0n) is 12.8. The second kappa shape index (κ2) is 7.95. The van der Waals surface area contributed by atoms with E-state index in [9.17, 15) is 0 Å². The maximum atomic E-state index is 4.40. The van der Waals surface area contributed by atoms with Gasteiger partial charge in [0.1, 0.15) is 0 Å². The Morgan fingerprint density at radius 2 is 1.95 bits per heavy atom. The topological polar surface area (TPSA) is 27.6 Å². The lowest BCUT2D eigenvalue weighted by Gasteiger charge is -2.32. The third-order valence-electron chi connectivity index (χ3n) is 3.65. The fraction of sp³-hybridized carbons (Fsp3) is 0.562. The van der Waals surface area contributed by atoms with Crippen LogP contribution in [0.2, 0.25) is 0 Å². The van der Waals surface area contributed by atoms with Gasteiger partial charge in [0.15, 0.2) is 0 Å². The predicted octanol–water partition coefficient (Wildman–Crippen LogP) is 3.13. The Morgan fingerprint density at radius 3 is 2.42 bits per heavy atom. The SMILES string of the molecule is C=CN=C(C)C(/C(=C\C)CC)=C(\C)N1CCNCC1. The number of nitrogens with one attached hydrogen (secondary N) is 1. The highest BCUT2D eigenvalue weighted by atomic mass is 15.2. The van der Waals surface area contributed by atoms with Crippen LogP contribution in [-0.4, -0.2) is 36.8 Å². The van der Waals surface area contributed by atoms with Crippen molar-refractivity contribution in [2.75, 3.05) is 26.2 Å². The van der Waals surface area contributed by atoms with Crippen LogP contribution < -0.4 is 5.32 Å². The minimum atomic E-state index is 1.03. The summed E-state index contributed by atoms with van der Waals surface area (Å²) in [5, 5.41) is 3.39. The van der Waals surface area contributed by atoms with E-state index in [-0.39, 0.29) is 0 Å². The molecule has 1 aliphatic rings. The van der Waals surface area contributed by atoms with Gasteiger partial charge in [-0.25, -0.2) is 0 Å². The van der Waals surface area contributed by atoms with Gasteiger partial charge in [0.25, 0.3) is 0 Å². The van der Waals surface area contributed by atoms with Gasteiger partial charge in [-0.05, 0) is 32.8 Å². The Labute approximate surface area is 117 Å². The number of rotatable bonds is 5.